The Morgan fingerprint density at radius 3 is 2.43 bits per heavy atom. The third kappa shape index (κ3) is 3.37. The van der Waals surface area contributed by atoms with Gasteiger partial charge in [0.2, 0.25) is 0 Å². The molecular formula is C6H12O. The van der Waals surface area contributed by atoms with E-state index in [1.807, 2.05) is 26.8 Å². The zero-order valence-electron chi connectivity index (χ0n) is 5.19. The number of ether oxygens (including phenoxy) is 1. The van der Waals surface area contributed by atoms with E-state index in [1.54, 1.807) is 0 Å². The molecule has 1 heteroatoms. The summed E-state index contributed by atoms with van der Waals surface area (Å²) in [6, 6.07) is 0. The molecule has 7 heavy (non-hydrogen) atoms. The Hall–Kier alpha value is -0.460. The average Bonchev–Trinajstić information content (AvgIpc) is 1.68. The summed E-state index contributed by atoms with van der Waals surface area (Å²) >= 11 is 0. The summed E-state index contributed by atoms with van der Waals surface area (Å²) in [6.07, 6.45) is 1.95. The molecule has 0 aliphatic rings. The Morgan fingerprint density at radius 2 is 2.29 bits per heavy atom. The van der Waals surface area contributed by atoms with Crippen LogP contribution in [0.5, 0.6) is 0 Å². The Bertz CT molecular complexity index is 64.6. The molecule has 0 heterocycles. The summed E-state index contributed by atoms with van der Waals surface area (Å²) in [5, 5.41) is 0. The number of allylic oxidation sites excluding steroid dienone is 2. The Morgan fingerprint density at radius 1 is 1.71 bits per heavy atom. The second-order valence-electron chi connectivity index (χ2n) is 1.33. The van der Waals surface area contributed by atoms with E-state index in [4.69, 9.17) is 4.74 Å². The van der Waals surface area contributed by atoms with Gasteiger partial charge in [0.15, 0.2) is 0 Å². The highest BCUT2D eigenvalue weighted by atomic mass is 16.5. The first-order chi connectivity index (χ1) is 3.31. The second kappa shape index (κ2) is 3.72. The van der Waals surface area contributed by atoms with Crippen LogP contribution in [0.1, 0.15) is 20.8 Å². The molecule has 0 rings (SSSR count). The van der Waals surface area contributed by atoms with Crippen molar-refractivity contribution in [2.24, 2.45) is 0 Å². The molecule has 1 nitrogen and oxygen atoms in total. The predicted molar refractivity (Wildman–Crippen MR) is 31.1 cm³/mol. The Balaban J connectivity index is 3.17. The molecule has 0 N–H and O–H groups in total. The highest BCUT2D eigenvalue weighted by molar-refractivity contribution is 4.83. The lowest BCUT2D eigenvalue weighted by atomic mass is 10.5. The number of hydrogen-bond donors (Lipinski definition) is 0. The van der Waals surface area contributed by atoms with Gasteiger partial charge in [-0.25, -0.2) is 0 Å². The van der Waals surface area contributed by atoms with Gasteiger partial charge in [-0.3, -0.25) is 0 Å². The molecule has 0 saturated heterocycles. The molecule has 0 aromatic rings. The first kappa shape index (κ1) is 6.54. The molecule has 0 aromatic carbocycles. The zero-order valence-corrected chi connectivity index (χ0v) is 5.19. The van der Waals surface area contributed by atoms with Crippen molar-refractivity contribution in [1.29, 1.82) is 0 Å². The SMILES string of the molecule is C/C=C(/C)OCC. The molecule has 0 bridgehead atoms. The van der Waals surface area contributed by atoms with Gasteiger partial charge in [0.05, 0.1) is 12.4 Å². The minimum Gasteiger partial charge on any atom is -0.499 e. The maximum absolute atomic E-state index is 5.05. The van der Waals surface area contributed by atoms with E-state index in [9.17, 15) is 0 Å². The zero-order chi connectivity index (χ0) is 5.70. The second-order valence-corrected chi connectivity index (χ2v) is 1.33. The van der Waals surface area contributed by atoms with Crippen molar-refractivity contribution in [3.05, 3.63) is 11.8 Å². The summed E-state index contributed by atoms with van der Waals surface area (Å²) in [7, 11) is 0. The van der Waals surface area contributed by atoms with E-state index in [2.05, 4.69) is 0 Å². The first-order valence-corrected chi connectivity index (χ1v) is 2.57. The fraction of sp³-hybridized carbons (Fsp3) is 0.667. The third-order valence-electron chi connectivity index (χ3n) is 0.779. The van der Waals surface area contributed by atoms with Crippen molar-refractivity contribution in [3.63, 3.8) is 0 Å². The lowest BCUT2D eigenvalue weighted by Crippen LogP contribution is -1.83. The standard InChI is InChI=1S/C6H12O/c1-4-6(3)7-5-2/h4H,5H2,1-3H3/b6-4-. The maximum Gasteiger partial charge on any atom is 0.0886 e. The van der Waals surface area contributed by atoms with Crippen LogP contribution in [0.2, 0.25) is 0 Å². The van der Waals surface area contributed by atoms with Gasteiger partial charge < -0.3 is 4.74 Å². The largest absolute Gasteiger partial charge is 0.499 e. The topological polar surface area (TPSA) is 9.23 Å². The van der Waals surface area contributed by atoms with E-state index in [0.29, 0.717) is 0 Å². The summed E-state index contributed by atoms with van der Waals surface area (Å²) in [4.78, 5) is 0. The molecule has 42 valence electrons. The maximum atomic E-state index is 5.05. The van der Waals surface area contributed by atoms with Crippen molar-refractivity contribution < 1.29 is 4.74 Å². The van der Waals surface area contributed by atoms with Crippen LogP contribution >= 0.6 is 0 Å². The van der Waals surface area contributed by atoms with Gasteiger partial charge >= 0.3 is 0 Å². The normalized spacial score (nSPS) is 11.6. The van der Waals surface area contributed by atoms with Gasteiger partial charge in [-0.05, 0) is 20.8 Å². The van der Waals surface area contributed by atoms with E-state index < -0.39 is 0 Å². The minimum absolute atomic E-state index is 0.774. The van der Waals surface area contributed by atoms with Crippen molar-refractivity contribution in [2.45, 2.75) is 20.8 Å². The highest BCUT2D eigenvalue weighted by Crippen LogP contribution is 1.91. The van der Waals surface area contributed by atoms with Crippen LogP contribution in [0.15, 0.2) is 11.8 Å². The lowest BCUT2D eigenvalue weighted by Gasteiger charge is -1.98. The van der Waals surface area contributed by atoms with E-state index in [-0.39, 0.29) is 0 Å². The fourth-order valence-electron chi connectivity index (χ4n) is 0.311. The van der Waals surface area contributed by atoms with Gasteiger partial charge in [0.1, 0.15) is 0 Å². The third-order valence-corrected chi connectivity index (χ3v) is 0.779. The van der Waals surface area contributed by atoms with Crippen LogP contribution in [0.3, 0.4) is 0 Å². The van der Waals surface area contributed by atoms with Gasteiger partial charge in [-0.1, -0.05) is 6.08 Å². The average molecular weight is 100 g/mol. The smallest absolute Gasteiger partial charge is 0.0886 e. The van der Waals surface area contributed by atoms with Crippen LogP contribution in [0.25, 0.3) is 0 Å². The summed E-state index contributed by atoms with van der Waals surface area (Å²) < 4.78 is 5.05. The molecule has 0 aliphatic carbocycles. The van der Waals surface area contributed by atoms with Crippen molar-refractivity contribution in [2.75, 3.05) is 6.61 Å². The fourth-order valence-corrected chi connectivity index (χ4v) is 0.311. The molecule has 0 fully saturated rings. The molecule has 0 unspecified atom stereocenters. The van der Waals surface area contributed by atoms with Crippen molar-refractivity contribution >= 4 is 0 Å². The van der Waals surface area contributed by atoms with Crippen LogP contribution in [0, 0.1) is 0 Å². The van der Waals surface area contributed by atoms with Crippen molar-refractivity contribution in [1.82, 2.24) is 0 Å². The molecular weight excluding hydrogens is 88.1 g/mol. The van der Waals surface area contributed by atoms with Crippen LogP contribution < -0.4 is 0 Å². The van der Waals surface area contributed by atoms with E-state index in [0.717, 1.165) is 12.4 Å². The number of rotatable bonds is 2. The summed E-state index contributed by atoms with van der Waals surface area (Å²) in [5.41, 5.74) is 0. The Labute approximate surface area is 45.0 Å². The first-order valence-electron chi connectivity index (χ1n) is 2.57. The van der Waals surface area contributed by atoms with Gasteiger partial charge in [0.25, 0.3) is 0 Å². The molecule has 0 radical (unpaired) electrons. The molecule has 0 spiro atoms. The molecule has 0 atom stereocenters. The monoisotopic (exact) mass is 100 g/mol. The van der Waals surface area contributed by atoms with E-state index >= 15 is 0 Å². The van der Waals surface area contributed by atoms with Gasteiger partial charge in [-0.15, -0.1) is 0 Å². The molecule has 0 aromatic heterocycles. The molecule has 0 saturated carbocycles. The van der Waals surface area contributed by atoms with Crippen molar-refractivity contribution in [3.8, 4) is 0 Å². The summed E-state index contributed by atoms with van der Waals surface area (Å²) in [5.74, 6) is 1.00. The summed E-state index contributed by atoms with van der Waals surface area (Å²) in [6.45, 7) is 6.66. The highest BCUT2D eigenvalue weighted by Gasteiger charge is 1.77. The number of hydrogen-bond acceptors (Lipinski definition) is 1. The minimum atomic E-state index is 0.774. The lowest BCUT2D eigenvalue weighted by molar-refractivity contribution is 0.231. The van der Waals surface area contributed by atoms with Crippen LogP contribution in [-0.2, 0) is 4.74 Å². The van der Waals surface area contributed by atoms with E-state index in [1.165, 1.54) is 0 Å². The van der Waals surface area contributed by atoms with Gasteiger partial charge in [0, 0.05) is 0 Å². The predicted octanol–water partition coefficient (Wildman–Crippen LogP) is 1.95. The van der Waals surface area contributed by atoms with Crippen LogP contribution in [0.4, 0.5) is 0 Å². The molecule has 0 aliphatic heterocycles. The quantitative estimate of drug-likeness (QED) is 0.482. The van der Waals surface area contributed by atoms with Crippen LogP contribution in [-0.4, -0.2) is 6.61 Å². The molecule has 0 amide bonds. The Kier molecular flexibility index (Phi) is 3.48. The van der Waals surface area contributed by atoms with Gasteiger partial charge in [-0.2, -0.15) is 0 Å².